The molecule has 1 aromatic heterocycles. The van der Waals surface area contributed by atoms with E-state index < -0.39 is 0 Å². The lowest BCUT2D eigenvalue weighted by atomic mass is 10.1. The smallest absolute Gasteiger partial charge is 0.160 e. The van der Waals surface area contributed by atoms with Crippen LogP contribution in [0.4, 0.5) is 0 Å². The highest BCUT2D eigenvalue weighted by Gasteiger charge is 2.11. The van der Waals surface area contributed by atoms with E-state index in [9.17, 15) is 10.2 Å². The van der Waals surface area contributed by atoms with Crippen LogP contribution in [0.2, 0.25) is 15.1 Å². The summed E-state index contributed by atoms with van der Waals surface area (Å²) in [6.07, 6.45) is 3.36. The fraction of sp³-hybridized carbons (Fsp3) is 0. The lowest BCUT2D eigenvalue weighted by molar-refractivity contribution is 0.470. The van der Waals surface area contributed by atoms with E-state index in [0.29, 0.717) is 36.7 Å². The first-order chi connectivity index (χ1) is 11.4. The van der Waals surface area contributed by atoms with E-state index in [2.05, 4.69) is 20.9 Å². The molecular formula is C17H9BrCl3NO2. The maximum Gasteiger partial charge on any atom is 0.160 e. The Kier molecular flexibility index (Phi) is 4.92. The van der Waals surface area contributed by atoms with Gasteiger partial charge < -0.3 is 10.2 Å². The van der Waals surface area contributed by atoms with Crippen molar-refractivity contribution >= 4 is 73.8 Å². The van der Waals surface area contributed by atoms with Crippen LogP contribution in [0.1, 0.15) is 11.3 Å². The number of hydrogen-bond donors (Lipinski definition) is 2. The average molecular weight is 446 g/mol. The van der Waals surface area contributed by atoms with E-state index in [-0.39, 0.29) is 16.5 Å². The predicted octanol–water partition coefficient (Wildman–Crippen LogP) is 6.54. The van der Waals surface area contributed by atoms with Gasteiger partial charge in [-0.3, -0.25) is 0 Å². The highest BCUT2D eigenvalue weighted by molar-refractivity contribution is 9.10. The quantitative estimate of drug-likeness (QED) is 0.471. The molecule has 0 radical (unpaired) electrons. The number of fused-ring (bicyclic) bond motifs is 1. The number of pyridine rings is 1. The van der Waals surface area contributed by atoms with Crippen molar-refractivity contribution in [1.82, 2.24) is 4.98 Å². The average Bonchev–Trinajstić information content (AvgIpc) is 2.54. The van der Waals surface area contributed by atoms with Crippen molar-refractivity contribution in [3.8, 4) is 11.5 Å². The van der Waals surface area contributed by atoms with Gasteiger partial charge >= 0.3 is 0 Å². The van der Waals surface area contributed by atoms with Crippen LogP contribution in [-0.4, -0.2) is 15.2 Å². The van der Waals surface area contributed by atoms with Crippen molar-refractivity contribution in [2.45, 2.75) is 0 Å². The van der Waals surface area contributed by atoms with Gasteiger partial charge in [-0.05, 0) is 58.4 Å². The molecule has 0 amide bonds. The number of nitrogens with zero attached hydrogens (tertiary/aromatic N) is 1. The molecule has 7 heteroatoms. The van der Waals surface area contributed by atoms with Crippen LogP contribution < -0.4 is 0 Å². The summed E-state index contributed by atoms with van der Waals surface area (Å²) in [5.74, 6) is -0.0509. The van der Waals surface area contributed by atoms with E-state index >= 15 is 0 Å². The maximum atomic E-state index is 10.1. The fourth-order valence-corrected chi connectivity index (χ4v) is 3.55. The Labute approximate surface area is 161 Å². The zero-order chi connectivity index (χ0) is 17.4. The van der Waals surface area contributed by atoms with Gasteiger partial charge in [0, 0.05) is 16.0 Å². The molecule has 0 unspecified atom stereocenters. The molecule has 0 aliphatic rings. The van der Waals surface area contributed by atoms with Gasteiger partial charge in [0.25, 0.3) is 0 Å². The van der Waals surface area contributed by atoms with Gasteiger partial charge in [0.1, 0.15) is 11.3 Å². The summed E-state index contributed by atoms with van der Waals surface area (Å²) in [6, 6.07) is 8.19. The first kappa shape index (κ1) is 17.4. The summed E-state index contributed by atoms with van der Waals surface area (Å²) in [7, 11) is 0. The van der Waals surface area contributed by atoms with Gasteiger partial charge in [-0.15, -0.1) is 0 Å². The third-order valence-electron chi connectivity index (χ3n) is 3.37. The number of benzene rings is 2. The van der Waals surface area contributed by atoms with Gasteiger partial charge in [0.2, 0.25) is 0 Å². The van der Waals surface area contributed by atoms with Gasteiger partial charge in [-0.25, -0.2) is 4.98 Å². The zero-order valence-corrected chi connectivity index (χ0v) is 15.7. The largest absolute Gasteiger partial charge is 0.506 e. The number of aromatic hydroxyl groups is 2. The predicted molar refractivity (Wildman–Crippen MR) is 103 cm³/mol. The molecule has 1 heterocycles. The lowest BCUT2D eigenvalue weighted by Crippen LogP contribution is -1.86. The van der Waals surface area contributed by atoms with Crippen LogP contribution in [-0.2, 0) is 0 Å². The maximum absolute atomic E-state index is 10.1. The molecule has 0 atom stereocenters. The number of halogens is 4. The Morgan fingerprint density at radius 2 is 1.67 bits per heavy atom. The number of hydrogen-bond acceptors (Lipinski definition) is 3. The van der Waals surface area contributed by atoms with Crippen molar-refractivity contribution in [2.24, 2.45) is 0 Å². The second kappa shape index (κ2) is 6.81. The van der Waals surface area contributed by atoms with Gasteiger partial charge in [0.05, 0.1) is 20.2 Å². The Hall–Kier alpha value is -1.46. The molecule has 0 fully saturated rings. The van der Waals surface area contributed by atoms with Crippen LogP contribution in [0.3, 0.4) is 0 Å². The van der Waals surface area contributed by atoms with Crippen molar-refractivity contribution in [3.63, 3.8) is 0 Å². The Morgan fingerprint density at radius 3 is 2.42 bits per heavy atom. The van der Waals surface area contributed by atoms with Crippen molar-refractivity contribution in [1.29, 1.82) is 0 Å². The Bertz CT molecular complexity index is 989. The molecule has 0 aliphatic carbocycles. The van der Waals surface area contributed by atoms with E-state index in [4.69, 9.17) is 34.8 Å². The summed E-state index contributed by atoms with van der Waals surface area (Å²) in [5.41, 5.74) is 1.40. The van der Waals surface area contributed by atoms with Crippen LogP contribution in [0, 0.1) is 0 Å². The molecule has 24 heavy (non-hydrogen) atoms. The normalized spacial score (nSPS) is 11.5. The van der Waals surface area contributed by atoms with Crippen LogP contribution in [0.5, 0.6) is 11.5 Å². The molecule has 122 valence electrons. The molecule has 0 spiro atoms. The molecule has 2 N–H and O–H groups in total. The standard InChI is InChI=1S/C17H9BrCl3NO2/c18-12-6-9(19)5-8(16(12)23)1-2-10-3-4-11-13(20)7-14(21)17(24)15(11)22-10/h1-7,23-24H/b2-1+. The molecule has 0 aliphatic heterocycles. The summed E-state index contributed by atoms with van der Waals surface area (Å²) in [4.78, 5) is 4.35. The molecule has 0 bridgehead atoms. The molecule has 3 rings (SSSR count). The van der Waals surface area contributed by atoms with E-state index in [1.807, 2.05) is 0 Å². The van der Waals surface area contributed by atoms with Gasteiger partial charge in [0.15, 0.2) is 5.75 Å². The van der Waals surface area contributed by atoms with Crippen molar-refractivity contribution in [3.05, 3.63) is 61.1 Å². The zero-order valence-electron chi connectivity index (χ0n) is 11.9. The van der Waals surface area contributed by atoms with Crippen LogP contribution >= 0.6 is 50.7 Å². The monoisotopic (exact) mass is 443 g/mol. The summed E-state index contributed by atoms with van der Waals surface area (Å²) in [6.45, 7) is 0. The third-order valence-corrected chi connectivity index (χ3v) is 4.79. The highest BCUT2D eigenvalue weighted by atomic mass is 79.9. The minimum absolute atomic E-state index is 0.0744. The van der Waals surface area contributed by atoms with E-state index in [1.54, 1.807) is 36.4 Å². The second-order valence-electron chi connectivity index (χ2n) is 4.98. The van der Waals surface area contributed by atoms with Crippen LogP contribution in [0.15, 0.2) is 34.8 Å². The van der Waals surface area contributed by atoms with E-state index in [0.717, 1.165) is 0 Å². The third kappa shape index (κ3) is 3.33. The molecule has 0 saturated heterocycles. The Morgan fingerprint density at radius 1 is 0.917 bits per heavy atom. The molecule has 3 nitrogen and oxygen atoms in total. The summed E-state index contributed by atoms with van der Waals surface area (Å²) < 4.78 is 0.498. The lowest BCUT2D eigenvalue weighted by Gasteiger charge is -2.06. The van der Waals surface area contributed by atoms with Crippen molar-refractivity contribution in [2.75, 3.05) is 0 Å². The molecule has 2 aromatic carbocycles. The fourth-order valence-electron chi connectivity index (χ4n) is 2.20. The number of aromatic nitrogens is 1. The summed E-state index contributed by atoms with van der Waals surface area (Å²) >= 11 is 21.3. The Balaban J connectivity index is 2.07. The molecule has 0 saturated carbocycles. The number of rotatable bonds is 2. The molecular weight excluding hydrogens is 436 g/mol. The molecule has 3 aromatic rings. The van der Waals surface area contributed by atoms with Crippen LogP contribution in [0.25, 0.3) is 23.1 Å². The summed E-state index contributed by atoms with van der Waals surface area (Å²) in [5, 5.41) is 21.7. The topological polar surface area (TPSA) is 53.4 Å². The number of phenolic OH excluding ortho intramolecular Hbond substituents is 2. The minimum atomic E-state index is -0.125. The van der Waals surface area contributed by atoms with Gasteiger partial charge in [-0.2, -0.15) is 0 Å². The second-order valence-corrected chi connectivity index (χ2v) is 7.09. The highest BCUT2D eigenvalue weighted by Crippen LogP contribution is 2.36. The SMILES string of the molecule is Oc1c(Br)cc(Cl)cc1/C=C/c1ccc2c(Cl)cc(Cl)c(O)c2n1. The van der Waals surface area contributed by atoms with E-state index in [1.165, 1.54) is 6.07 Å². The van der Waals surface area contributed by atoms with Crippen molar-refractivity contribution < 1.29 is 10.2 Å². The van der Waals surface area contributed by atoms with Gasteiger partial charge in [-0.1, -0.05) is 34.8 Å². The minimum Gasteiger partial charge on any atom is -0.506 e. The number of phenols is 2. The first-order valence-electron chi connectivity index (χ1n) is 6.70. The first-order valence-corrected chi connectivity index (χ1v) is 8.63.